The van der Waals surface area contributed by atoms with Crippen molar-refractivity contribution in [2.45, 2.75) is 77.0 Å². The van der Waals surface area contributed by atoms with E-state index in [0.717, 1.165) is 38.8 Å². The third-order valence-corrected chi connectivity index (χ3v) is 4.63. The van der Waals surface area contributed by atoms with E-state index in [-0.39, 0.29) is 12.1 Å². The van der Waals surface area contributed by atoms with E-state index >= 15 is 0 Å². The molecule has 1 saturated heterocycles. The van der Waals surface area contributed by atoms with Crippen LogP contribution in [0.3, 0.4) is 0 Å². The lowest BCUT2D eigenvalue weighted by Gasteiger charge is -2.34. The summed E-state index contributed by atoms with van der Waals surface area (Å²) in [5.41, 5.74) is -0.440. The van der Waals surface area contributed by atoms with Crippen LogP contribution in [0, 0.1) is 17.2 Å². The first-order valence-electron chi connectivity index (χ1n) is 8.52. The minimum Gasteiger partial charge on any atom is -0.444 e. The van der Waals surface area contributed by atoms with Crippen LogP contribution in [0.1, 0.15) is 59.3 Å². The molecule has 0 spiro atoms. The molecular formula is C17H29N3O2. The van der Waals surface area contributed by atoms with Crippen molar-refractivity contribution in [3.05, 3.63) is 0 Å². The van der Waals surface area contributed by atoms with Crippen LogP contribution in [0.2, 0.25) is 0 Å². The Balaban J connectivity index is 1.97. The van der Waals surface area contributed by atoms with Crippen LogP contribution in [0.25, 0.3) is 0 Å². The zero-order valence-corrected chi connectivity index (χ0v) is 14.1. The molecule has 1 amide bonds. The largest absolute Gasteiger partial charge is 0.444 e. The fraction of sp³-hybridized carbons (Fsp3) is 0.882. The van der Waals surface area contributed by atoms with Gasteiger partial charge < -0.3 is 15.0 Å². The zero-order valence-electron chi connectivity index (χ0n) is 14.1. The highest BCUT2D eigenvalue weighted by Gasteiger charge is 2.41. The van der Waals surface area contributed by atoms with Crippen molar-refractivity contribution in [2.75, 3.05) is 13.1 Å². The molecule has 1 N–H and O–H groups in total. The van der Waals surface area contributed by atoms with Gasteiger partial charge in [-0.3, -0.25) is 0 Å². The summed E-state index contributed by atoms with van der Waals surface area (Å²) >= 11 is 0. The van der Waals surface area contributed by atoms with Crippen LogP contribution in [0.15, 0.2) is 0 Å². The van der Waals surface area contributed by atoms with Crippen LogP contribution in [-0.2, 0) is 4.74 Å². The van der Waals surface area contributed by atoms with Gasteiger partial charge in [-0.2, -0.15) is 5.26 Å². The number of carbonyl (C=O) groups excluding carboxylic acids is 1. The maximum Gasteiger partial charge on any atom is 0.410 e. The molecule has 0 aromatic rings. The molecule has 5 heteroatoms. The minimum absolute atomic E-state index is 0.169. The van der Waals surface area contributed by atoms with Gasteiger partial charge in [0.05, 0.1) is 6.07 Å². The molecule has 0 aromatic carbocycles. The van der Waals surface area contributed by atoms with E-state index in [0.29, 0.717) is 18.4 Å². The van der Waals surface area contributed by atoms with Crippen LogP contribution >= 0.6 is 0 Å². The van der Waals surface area contributed by atoms with Gasteiger partial charge >= 0.3 is 6.09 Å². The highest BCUT2D eigenvalue weighted by Crippen LogP contribution is 2.36. The van der Waals surface area contributed by atoms with Gasteiger partial charge in [0.25, 0.3) is 0 Å². The maximum atomic E-state index is 12.4. The third-order valence-electron chi connectivity index (χ3n) is 4.63. The number of nitrogens with zero attached hydrogens (tertiary/aromatic N) is 2. The first-order chi connectivity index (χ1) is 10.4. The molecule has 2 fully saturated rings. The van der Waals surface area contributed by atoms with Crippen LogP contribution in [0.5, 0.6) is 0 Å². The van der Waals surface area contributed by atoms with Crippen LogP contribution < -0.4 is 5.32 Å². The van der Waals surface area contributed by atoms with Gasteiger partial charge in [-0.1, -0.05) is 6.42 Å². The summed E-state index contributed by atoms with van der Waals surface area (Å²) in [6.07, 6.45) is 6.02. The maximum absolute atomic E-state index is 12.4. The molecule has 3 unspecified atom stereocenters. The number of hydrogen-bond acceptors (Lipinski definition) is 4. The number of nitrogens with one attached hydrogen (secondary N) is 1. The van der Waals surface area contributed by atoms with E-state index in [1.807, 2.05) is 25.7 Å². The molecular weight excluding hydrogens is 278 g/mol. The molecule has 2 aliphatic rings. The fourth-order valence-corrected chi connectivity index (χ4v) is 3.80. The van der Waals surface area contributed by atoms with Crippen molar-refractivity contribution >= 4 is 6.09 Å². The Hall–Kier alpha value is -1.28. The zero-order chi connectivity index (χ0) is 16.2. The number of likely N-dealkylation sites (tertiary alicyclic amines) is 1. The van der Waals surface area contributed by atoms with E-state index in [1.54, 1.807) is 0 Å². The molecule has 0 bridgehead atoms. The lowest BCUT2D eigenvalue weighted by molar-refractivity contribution is 0.0167. The second-order valence-electron chi connectivity index (χ2n) is 7.45. The number of amides is 1. The van der Waals surface area contributed by atoms with Crippen molar-refractivity contribution in [1.82, 2.24) is 10.2 Å². The predicted molar refractivity (Wildman–Crippen MR) is 85.3 cm³/mol. The summed E-state index contributed by atoms with van der Waals surface area (Å²) in [5, 5.41) is 12.2. The summed E-state index contributed by atoms with van der Waals surface area (Å²) in [4.78, 5) is 14.4. The standard InChI is InChI=1S/C17H29N3O2/c1-17(2,3)22-16(21)20-12-5-9-15(20)13-7-4-8-14(13)19-11-6-10-18/h13-15,19H,4-9,11-12H2,1-3H3. The number of nitriles is 1. The number of carbonyl (C=O) groups is 1. The molecule has 124 valence electrons. The first kappa shape index (κ1) is 17.1. The van der Waals surface area contributed by atoms with Gasteiger partial charge in [0, 0.05) is 31.6 Å². The van der Waals surface area contributed by atoms with Gasteiger partial charge in [0.1, 0.15) is 5.60 Å². The van der Waals surface area contributed by atoms with Gasteiger partial charge in [0.15, 0.2) is 0 Å². The molecule has 1 aliphatic heterocycles. The van der Waals surface area contributed by atoms with Crippen molar-refractivity contribution < 1.29 is 9.53 Å². The Morgan fingerprint density at radius 2 is 2.09 bits per heavy atom. The molecule has 1 saturated carbocycles. The SMILES string of the molecule is CC(C)(C)OC(=O)N1CCCC1C1CCCC1NCCC#N. The van der Waals surface area contributed by atoms with Crippen molar-refractivity contribution in [3.8, 4) is 6.07 Å². The average Bonchev–Trinajstić information content (AvgIpc) is 3.04. The molecule has 0 aromatic heterocycles. The monoisotopic (exact) mass is 307 g/mol. The third kappa shape index (κ3) is 4.36. The second-order valence-corrected chi connectivity index (χ2v) is 7.45. The number of ether oxygens (including phenoxy) is 1. The van der Waals surface area contributed by atoms with Crippen molar-refractivity contribution in [2.24, 2.45) is 5.92 Å². The Bertz CT molecular complexity index is 425. The molecule has 3 atom stereocenters. The Morgan fingerprint density at radius 3 is 2.77 bits per heavy atom. The van der Waals surface area contributed by atoms with E-state index in [9.17, 15) is 4.79 Å². The molecule has 1 aliphatic carbocycles. The van der Waals surface area contributed by atoms with Gasteiger partial charge in [-0.15, -0.1) is 0 Å². The fourth-order valence-electron chi connectivity index (χ4n) is 3.80. The summed E-state index contributed by atoms with van der Waals surface area (Å²) in [6, 6.07) is 2.90. The lowest BCUT2D eigenvalue weighted by Crippen LogP contribution is -2.47. The lowest BCUT2D eigenvalue weighted by atomic mass is 9.92. The minimum atomic E-state index is -0.440. The molecule has 0 radical (unpaired) electrons. The number of hydrogen-bond donors (Lipinski definition) is 1. The van der Waals surface area contributed by atoms with Gasteiger partial charge in [0.2, 0.25) is 0 Å². The Kier molecular flexibility index (Phi) is 5.69. The summed E-state index contributed by atoms with van der Waals surface area (Å²) < 4.78 is 5.57. The molecule has 22 heavy (non-hydrogen) atoms. The molecule has 5 nitrogen and oxygen atoms in total. The normalized spacial score (nSPS) is 28.6. The highest BCUT2D eigenvalue weighted by molar-refractivity contribution is 5.69. The summed E-state index contributed by atoms with van der Waals surface area (Å²) in [5.74, 6) is 0.494. The second kappa shape index (κ2) is 7.32. The van der Waals surface area contributed by atoms with E-state index in [1.165, 1.54) is 6.42 Å². The van der Waals surface area contributed by atoms with Gasteiger partial charge in [-0.25, -0.2) is 4.79 Å². The van der Waals surface area contributed by atoms with Crippen molar-refractivity contribution in [1.29, 1.82) is 5.26 Å². The Labute approximate surface area is 134 Å². The van der Waals surface area contributed by atoms with Crippen LogP contribution in [0.4, 0.5) is 4.79 Å². The quantitative estimate of drug-likeness (QED) is 0.811. The van der Waals surface area contributed by atoms with E-state index < -0.39 is 5.60 Å². The molecule has 1 heterocycles. The highest BCUT2D eigenvalue weighted by atomic mass is 16.6. The van der Waals surface area contributed by atoms with Crippen molar-refractivity contribution in [3.63, 3.8) is 0 Å². The molecule has 2 rings (SSSR count). The summed E-state index contributed by atoms with van der Waals surface area (Å²) in [7, 11) is 0. The smallest absolute Gasteiger partial charge is 0.410 e. The topological polar surface area (TPSA) is 65.4 Å². The Morgan fingerprint density at radius 1 is 1.32 bits per heavy atom. The van der Waals surface area contributed by atoms with E-state index in [2.05, 4.69) is 11.4 Å². The van der Waals surface area contributed by atoms with Gasteiger partial charge in [-0.05, 0) is 52.4 Å². The van der Waals surface area contributed by atoms with E-state index in [4.69, 9.17) is 10.00 Å². The number of rotatable bonds is 4. The summed E-state index contributed by atoms with van der Waals surface area (Å²) in [6.45, 7) is 7.30. The van der Waals surface area contributed by atoms with Crippen LogP contribution in [-0.4, -0.2) is 41.8 Å². The predicted octanol–water partition coefficient (Wildman–Crippen LogP) is 3.06. The first-order valence-corrected chi connectivity index (χ1v) is 8.52. The average molecular weight is 307 g/mol.